The largest absolute Gasteiger partial charge is 0.466 e. The minimum Gasteiger partial charge on any atom is -0.466 e. The van der Waals surface area contributed by atoms with Crippen LogP contribution >= 0.6 is 0 Å². The topological polar surface area (TPSA) is 67.1 Å². The zero-order chi connectivity index (χ0) is 26.1. The van der Waals surface area contributed by atoms with Crippen molar-refractivity contribution in [3.05, 3.63) is 58.4 Å². The highest BCUT2D eigenvalue weighted by molar-refractivity contribution is 6.00. The Labute approximate surface area is 219 Å². The lowest BCUT2D eigenvalue weighted by Gasteiger charge is -2.40. The maximum Gasteiger partial charge on any atom is 0.333 e. The van der Waals surface area contributed by atoms with Crippen molar-refractivity contribution in [3.63, 3.8) is 0 Å². The molecule has 0 unspecified atom stereocenters. The molecule has 2 aliphatic heterocycles. The Morgan fingerprint density at radius 2 is 1.95 bits per heavy atom. The van der Waals surface area contributed by atoms with E-state index in [1.165, 1.54) is 42.0 Å². The summed E-state index contributed by atoms with van der Waals surface area (Å²) in [6.07, 6.45) is 8.98. The summed E-state index contributed by atoms with van der Waals surface area (Å²) in [7, 11) is 1.34. The molecule has 5 rings (SSSR count). The minimum absolute atomic E-state index is 0.0600. The number of likely N-dealkylation sites (tertiary alicyclic amines) is 1. The summed E-state index contributed by atoms with van der Waals surface area (Å²) in [6, 6.07) is 7.30. The van der Waals surface area contributed by atoms with E-state index in [9.17, 15) is 9.59 Å². The third-order valence-electron chi connectivity index (χ3n) is 8.19. The molecule has 3 heterocycles. The van der Waals surface area contributed by atoms with Crippen molar-refractivity contribution in [2.75, 3.05) is 26.7 Å². The summed E-state index contributed by atoms with van der Waals surface area (Å²) in [5, 5.41) is 1.42. The minimum atomic E-state index is -0.441. The van der Waals surface area contributed by atoms with Gasteiger partial charge in [0, 0.05) is 67.9 Å². The number of benzene rings is 1. The van der Waals surface area contributed by atoms with Crippen LogP contribution in [0.3, 0.4) is 0 Å². The standard InChI is InChI=1S/C30H38N4O3/c1-5-33-14-10-24-25(22-6-7-22)17-21(18-28(24)33)19-32-12-8-23(9-13-32)34-15-11-27(31-3)26(29(34)35)16-20(2)30(36)37-4/h10,14,16-18,22-23H,3,5-9,11-13,15,19H2,1-2,4H3/b20-16+. The Hall–Kier alpha value is -3.19. The lowest BCUT2D eigenvalue weighted by atomic mass is 9.96. The number of amides is 1. The van der Waals surface area contributed by atoms with Crippen LogP contribution in [0, 0.1) is 0 Å². The summed E-state index contributed by atoms with van der Waals surface area (Å²) in [5.41, 5.74) is 5.78. The van der Waals surface area contributed by atoms with Crippen LogP contribution in [0.5, 0.6) is 0 Å². The fourth-order valence-electron chi connectivity index (χ4n) is 5.97. The van der Waals surface area contributed by atoms with Crippen LogP contribution in [-0.2, 0) is 27.4 Å². The van der Waals surface area contributed by atoms with Gasteiger partial charge in [0.15, 0.2) is 0 Å². The van der Waals surface area contributed by atoms with Gasteiger partial charge in [-0.05, 0) is 81.5 Å². The van der Waals surface area contributed by atoms with E-state index >= 15 is 0 Å². The molecular weight excluding hydrogens is 464 g/mol. The first kappa shape index (κ1) is 25.5. The number of esters is 1. The quantitative estimate of drug-likeness (QED) is 0.295. The van der Waals surface area contributed by atoms with Crippen molar-refractivity contribution in [2.45, 2.75) is 71.0 Å². The molecule has 3 aliphatic rings. The van der Waals surface area contributed by atoms with Crippen LogP contribution in [0.4, 0.5) is 0 Å². The number of hydrogen-bond acceptors (Lipinski definition) is 5. The van der Waals surface area contributed by atoms with Crippen LogP contribution in [0.25, 0.3) is 10.9 Å². The van der Waals surface area contributed by atoms with Crippen LogP contribution in [0.1, 0.15) is 63.0 Å². The number of carbonyl (C=O) groups excluding carboxylic acids is 2. The molecule has 0 N–H and O–H groups in total. The van der Waals surface area contributed by atoms with Gasteiger partial charge in [0.1, 0.15) is 0 Å². The van der Waals surface area contributed by atoms with Gasteiger partial charge >= 0.3 is 5.97 Å². The molecule has 1 saturated carbocycles. The predicted octanol–water partition coefficient (Wildman–Crippen LogP) is 4.81. The van der Waals surface area contributed by atoms with Gasteiger partial charge in [0.2, 0.25) is 0 Å². The first-order valence-electron chi connectivity index (χ1n) is 13.5. The normalized spacial score (nSPS) is 20.1. The lowest BCUT2D eigenvalue weighted by Crippen LogP contribution is -2.49. The molecule has 196 valence electrons. The highest BCUT2D eigenvalue weighted by Crippen LogP contribution is 2.44. The molecule has 1 saturated heterocycles. The van der Waals surface area contributed by atoms with Crippen LogP contribution < -0.4 is 0 Å². The van der Waals surface area contributed by atoms with E-state index in [1.54, 1.807) is 13.0 Å². The van der Waals surface area contributed by atoms with Crippen LogP contribution in [-0.4, -0.2) is 65.7 Å². The molecule has 0 spiro atoms. The van der Waals surface area contributed by atoms with E-state index in [-0.39, 0.29) is 11.9 Å². The van der Waals surface area contributed by atoms with E-state index < -0.39 is 5.97 Å². The van der Waals surface area contributed by atoms with E-state index in [1.807, 2.05) is 4.90 Å². The molecule has 7 nitrogen and oxygen atoms in total. The smallest absolute Gasteiger partial charge is 0.333 e. The highest BCUT2D eigenvalue weighted by Gasteiger charge is 2.33. The maximum atomic E-state index is 13.4. The first-order chi connectivity index (χ1) is 17.9. The second-order valence-corrected chi connectivity index (χ2v) is 10.6. The number of methoxy groups -OCH3 is 1. The Balaban J connectivity index is 1.27. The van der Waals surface area contributed by atoms with Crippen molar-refractivity contribution in [1.29, 1.82) is 0 Å². The lowest BCUT2D eigenvalue weighted by molar-refractivity contribution is -0.136. The Bertz CT molecular complexity index is 1280. The highest BCUT2D eigenvalue weighted by atomic mass is 16.5. The Morgan fingerprint density at radius 3 is 2.59 bits per heavy atom. The number of nitrogens with zero attached hydrogens (tertiary/aromatic N) is 4. The fourth-order valence-corrected chi connectivity index (χ4v) is 5.97. The number of piperidine rings is 1. The molecule has 1 amide bonds. The summed E-state index contributed by atoms with van der Waals surface area (Å²) in [6.45, 7) is 12.0. The fraction of sp³-hybridized carbons (Fsp3) is 0.500. The van der Waals surface area contributed by atoms with Gasteiger partial charge in [-0.25, -0.2) is 4.79 Å². The zero-order valence-electron chi connectivity index (χ0n) is 22.3. The molecule has 37 heavy (non-hydrogen) atoms. The van der Waals surface area contributed by atoms with Crippen molar-refractivity contribution >= 4 is 29.5 Å². The SMILES string of the molecule is C=NC1=C(/C=C(\C)C(=O)OC)C(=O)N(C2CCN(Cc3cc(C4CC4)c4ccn(CC)c4c3)CC2)CC1. The molecule has 0 bridgehead atoms. The zero-order valence-corrected chi connectivity index (χ0v) is 22.3. The van der Waals surface area contributed by atoms with Crippen molar-refractivity contribution < 1.29 is 14.3 Å². The van der Waals surface area contributed by atoms with E-state index in [0.29, 0.717) is 29.8 Å². The molecule has 0 radical (unpaired) electrons. The van der Waals surface area contributed by atoms with Crippen LogP contribution in [0.15, 0.2) is 52.3 Å². The van der Waals surface area contributed by atoms with Gasteiger partial charge in [0.05, 0.1) is 18.4 Å². The average Bonchev–Trinajstić information content (AvgIpc) is 3.68. The number of rotatable bonds is 8. The van der Waals surface area contributed by atoms with E-state index in [4.69, 9.17) is 4.74 Å². The van der Waals surface area contributed by atoms with Gasteiger partial charge < -0.3 is 14.2 Å². The van der Waals surface area contributed by atoms with Crippen molar-refractivity contribution in [1.82, 2.24) is 14.4 Å². The average molecular weight is 503 g/mol. The van der Waals surface area contributed by atoms with Gasteiger partial charge in [-0.3, -0.25) is 14.7 Å². The number of aryl methyl sites for hydroxylation is 1. The summed E-state index contributed by atoms with van der Waals surface area (Å²) >= 11 is 0. The second-order valence-electron chi connectivity index (χ2n) is 10.6. The number of aliphatic imine (C=N–C) groups is 1. The van der Waals surface area contributed by atoms with E-state index in [0.717, 1.165) is 44.9 Å². The molecule has 0 atom stereocenters. The molecule has 1 aromatic heterocycles. The molecule has 1 aliphatic carbocycles. The Kier molecular flexibility index (Phi) is 7.33. The summed E-state index contributed by atoms with van der Waals surface area (Å²) in [5.74, 6) is 0.221. The predicted molar refractivity (Wildman–Crippen MR) is 147 cm³/mol. The molecule has 1 aromatic carbocycles. The Morgan fingerprint density at radius 1 is 1.19 bits per heavy atom. The number of carbonyl (C=O) groups is 2. The van der Waals surface area contributed by atoms with Crippen LogP contribution in [0.2, 0.25) is 0 Å². The third kappa shape index (κ3) is 5.14. The second kappa shape index (κ2) is 10.7. The molecule has 7 heteroatoms. The van der Waals surface area contributed by atoms with Gasteiger partial charge in [-0.15, -0.1) is 0 Å². The van der Waals surface area contributed by atoms with E-state index in [2.05, 4.69) is 52.5 Å². The number of hydrogen-bond donors (Lipinski definition) is 0. The van der Waals surface area contributed by atoms with Crippen molar-refractivity contribution in [2.24, 2.45) is 4.99 Å². The number of aromatic nitrogens is 1. The van der Waals surface area contributed by atoms with Gasteiger partial charge in [-0.1, -0.05) is 6.07 Å². The van der Waals surface area contributed by atoms with Crippen molar-refractivity contribution in [3.8, 4) is 0 Å². The first-order valence-corrected chi connectivity index (χ1v) is 13.5. The van der Waals surface area contributed by atoms with Gasteiger partial charge in [-0.2, -0.15) is 0 Å². The summed E-state index contributed by atoms with van der Waals surface area (Å²) in [4.78, 5) is 34.0. The monoisotopic (exact) mass is 502 g/mol. The summed E-state index contributed by atoms with van der Waals surface area (Å²) < 4.78 is 7.16. The van der Waals surface area contributed by atoms with Gasteiger partial charge in [0.25, 0.3) is 5.91 Å². The third-order valence-corrected chi connectivity index (χ3v) is 8.19. The molecule has 2 aromatic rings. The molecular formula is C30H38N4O3. The number of ether oxygens (including phenoxy) is 1. The maximum absolute atomic E-state index is 13.4. The molecule has 2 fully saturated rings. The number of fused-ring (bicyclic) bond motifs is 1.